The highest BCUT2D eigenvalue weighted by molar-refractivity contribution is 5.92. The van der Waals surface area contributed by atoms with Crippen molar-refractivity contribution in [2.75, 3.05) is 17.2 Å². The second-order valence-electron chi connectivity index (χ2n) is 4.67. The van der Waals surface area contributed by atoms with Crippen LogP contribution in [0.5, 0.6) is 0 Å². The Bertz CT molecular complexity index is 610. The van der Waals surface area contributed by atoms with E-state index in [-0.39, 0.29) is 0 Å². The fourth-order valence-electron chi connectivity index (χ4n) is 2.15. The normalized spacial score (nSPS) is 10.2. The van der Waals surface area contributed by atoms with Crippen LogP contribution in [0.2, 0.25) is 0 Å². The number of carbonyl (C=O) groups is 1. The molecule has 0 aromatic heterocycles. The van der Waals surface area contributed by atoms with Crippen LogP contribution < -0.4 is 16.4 Å². The summed E-state index contributed by atoms with van der Waals surface area (Å²) >= 11 is 0. The van der Waals surface area contributed by atoms with E-state index in [4.69, 9.17) is 11.5 Å². The van der Waals surface area contributed by atoms with Crippen molar-refractivity contribution in [3.8, 4) is 0 Å². The van der Waals surface area contributed by atoms with Crippen LogP contribution in [0, 0.1) is 0 Å². The molecule has 0 spiro atoms. The Morgan fingerprint density at radius 1 is 1.15 bits per heavy atom. The minimum Gasteiger partial charge on any atom is -0.399 e. The van der Waals surface area contributed by atoms with Crippen molar-refractivity contribution >= 4 is 17.3 Å². The monoisotopic (exact) mass is 269 g/mol. The van der Waals surface area contributed by atoms with Crippen LogP contribution in [0.25, 0.3) is 0 Å². The summed E-state index contributed by atoms with van der Waals surface area (Å²) in [5.41, 5.74) is 14.5. The van der Waals surface area contributed by atoms with Crippen LogP contribution in [-0.2, 0) is 6.54 Å². The summed E-state index contributed by atoms with van der Waals surface area (Å²) in [7, 11) is 0. The molecule has 0 saturated carbocycles. The molecule has 0 atom stereocenters. The lowest BCUT2D eigenvalue weighted by atomic mass is 10.1. The molecular weight excluding hydrogens is 250 g/mol. The predicted octanol–water partition coefficient (Wildman–Crippen LogP) is 2.39. The number of hydrogen-bond donors (Lipinski definition) is 2. The van der Waals surface area contributed by atoms with E-state index in [1.165, 1.54) is 0 Å². The van der Waals surface area contributed by atoms with Crippen LogP contribution in [0.3, 0.4) is 0 Å². The smallest absolute Gasteiger partial charge is 0.248 e. The Labute approximate surface area is 119 Å². The highest BCUT2D eigenvalue weighted by Gasteiger charge is 2.07. The van der Waals surface area contributed by atoms with Gasteiger partial charge in [0.15, 0.2) is 0 Å². The van der Waals surface area contributed by atoms with Gasteiger partial charge in [0.05, 0.1) is 0 Å². The summed E-state index contributed by atoms with van der Waals surface area (Å²) in [6.45, 7) is 3.65. The van der Waals surface area contributed by atoms with Gasteiger partial charge in [0.2, 0.25) is 5.91 Å². The molecule has 2 aromatic carbocycles. The largest absolute Gasteiger partial charge is 0.399 e. The van der Waals surface area contributed by atoms with Gasteiger partial charge in [0, 0.05) is 30.0 Å². The zero-order chi connectivity index (χ0) is 14.5. The third kappa shape index (κ3) is 3.29. The number of nitrogens with zero attached hydrogens (tertiary/aromatic N) is 1. The summed E-state index contributed by atoms with van der Waals surface area (Å²) in [5, 5.41) is 0. The van der Waals surface area contributed by atoms with Crippen molar-refractivity contribution in [3.63, 3.8) is 0 Å². The SMILES string of the molecule is CCN(Cc1cccc(C(N)=O)c1)c1cccc(N)c1. The van der Waals surface area contributed by atoms with Crippen LogP contribution in [0.15, 0.2) is 48.5 Å². The summed E-state index contributed by atoms with van der Waals surface area (Å²) in [4.78, 5) is 13.4. The molecule has 0 aliphatic rings. The Hall–Kier alpha value is -2.49. The highest BCUT2D eigenvalue weighted by atomic mass is 16.1. The summed E-state index contributed by atoms with van der Waals surface area (Å²) in [5.74, 6) is -0.404. The van der Waals surface area contributed by atoms with Gasteiger partial charge in [0.25, 0.3) is 0 Å². The maximum Gasteiger partial charge on any atom is 0.248 e. The van der Waals surface area contributed by atoms with Gasteiger partial charge in [-0.1, -0.05) is 18.2 Å². The zero-order valence-electron chi connectivity index (χ0n) is 11.5. The second kappa shape index (κ2) is 6.10. The molecule has 20 heavy (non-hydrogen) atoms. The van der Waals surface area contributed by atoms with Gasteiger partial charge < -0.3 is 16.4 Å². The van der Waals surface area contributed by atoms with Gasteiger partial charge >= 0.3 is 0 Å². The average molecular weight is 269 g/mol. The first kappa shape index (κ1) is 13.9. The molecule has 0 aliphatic carbocycles. The first-order chi connectivity index (χ1) is 9.60. The van der Waals surface area contributed by atoms with Gasteiger partial charge in [-0.25, -0.2) is 0 Å². The Morgan fingerprint density at radius 2 is 1.90 bits per heavy atom. The third-order valence-electron chi connectivity index (χ3n) is 3.20. The Balaban J connectivity index is 2.22. The van der Waals surface area contributed by atoms with Crippen molar-refractivity contribution in [2.24, 2.45) is 5.73 Å². The summed E-state index contributed by atoms with van der Waals surface area (Å²) < 4.78 is 0. The number of rotatable bonds is 5. The Kier molecular flexibility index (Phi) is 4.25. The zero-order valence-corrected chi connectivity index (χ0v) is 11.5. The van der Waals surface area contributed by atoms with Gasteiger partial charge in [-0.15, -0.1) is 0 Å². The Morgan fingerprint density at radius 3 is 2.55 bits per heavy atom. The van der Waals surface area contributed by atoms with E-state index >= 15 is 0 Å². The fourth-order valence-corrected chi connectivity index (χ4v) is 2.15. The topological polar surface area (TPSA) is 72.3 Å². The highest BCUT2D eigenvalue weighted by Crippen LogP contribution is 2.20. The van der Waals surface area contributed by atoms with Gasteiger partial charge in [-0.05, 0) is 42.8 Å². The average Bonchev–Trinajstić information content (AvgIpc) is 2.45. The van der Waals surface area contributed by atoms with Gasteiger partial charge in [0.1, 0.15) is 0 Å². The lowest BCUT2D eigenvalue weighted by Crippen LogP contribution is -2.22. The minimum atomic E-state index is -0.404. The van der Waals surface area contributed by atoms with Crippen LogP contribution in [0.1, 0.15) is 22.8 Å². The molecule has 4 heteroatoms. The van der Waals surface area contributed by atoms with E-state index in [0.29, 0.717) is 12.1 Å². The van der Waals surface area contributed by atoms with Crippen molar-refractivity contribution in [2.45, 2.75) is 13.5 Å². The van der Waals surface area contributed by atoms with E-state index in [1.807, 2.05) is 42.5 Å². The van der Waals surface area contributed by atoms with Crippen molar-refractivity contribution in [1.82, 2.24) is 0 Å². The van der Waals surface area contributed by atoms with Crippen molar-refractivity contribution in [3.05, 3.63) is 59.7 Å². The lowest BCUT2D eigenvalue weighted by Gasteiger charge is -2.23. The molecule has 0 radical (unpaired) electrons. The number of nitrogens with two attached hydrogens (primary N) is 2. The molecule has 0 aliphatic heterocycles. The predicted molar refractivity (Wildman–Crippen MR) is 82.5 cm³/mol. The molecule has 1 amide bonds. The van der Waals surface area contributed by atoms with E-state index in [2.05, 4.69) is 11.8 Å². The molecule has 4 nitrogen and oxygen atoms in total. The number of hydrogen-bond acceptors (Lipinski definition) is 3. The van der Waals surface area contributed by atoms with E-state index in [0.717, 1.165) is 23.5 Å². The molecule has 2 rings (SSSR count). The quantitative estimate of drug-likeness (QED) is 0.819. The molecular formula is C16H19N3O. The molecule has 0 unspecified atom stereocenters. The number of carbonyl (C=O) groups excluding carboxylic acids is 1. The standard InChI is InChI=1S/C16H19N3O/c1-2-19(15-8-4-7-14(17)10-15)11-12-5-3-6-13(9-12)16(18)20/h3-10H,2,11,17H2,1H3,(H2,18,20). The lowest BCUT2D eigenvalue weighted by molar-refractivity contribution is 0.1000. The molecule has 0 heterocycles. The number of primary amides is 1. The van der Waals surface area contributed by atoms with Crippen LogP contribution >= 0.6 is 0 Å². The van der Waals surface area contributed by atoms with Gasteiger partial charge in [-0.2, -0.15) is 0 Å². The maximum absolute atomic E-state index is 11.2. The van der Waals surface area contributed by atoms with E-state index < -0.39 is 5.91 Å². The van der Waals surface area contributed by atoms with Crippen molar-refractivity contribution < 1.29 is 4.79 Å². The molecule has 104 valence electrons. The summed E-state index contributed by atoms with van der Waals surface area (Å²) in [6.07, 6.45) is 0. The minimum absolute atomic E-state index is 0.404. The number of amides is 1. The number of anilines is 2. The summed E-state index contributed by atoms with van der Waals surface area (Å²) in [6, 6.07) is 15.2. The van der Waals surface area contributed by atoms with Gasteiger partial charge in [-0.3, -0.25) is 4.79 Å². The van der Waals surface area contributed by atoms with Crippen molar-refractivity contribution in [1.29, 1.82) is 0 Å². The first-order valence-electron chi connectivity index (χ1n) is 6.59. The molecule has 0 saturated heterocycles. The fraction of sp³-hybridized carbons (Fsp3) is 0.188. The molecule has 0 bridgehead atoms. The second-order valence-corrected chi connectivity index (χ2v) is 4.67. The number of benzene rings is 2. The van der Waals surface area contributed by atoms with E-state index in [9.17, 15) is 4.79 Å². The maximum atomic E-state index is 11.2. The van der Waals surface area contributed by atoms with Crippen LogP contribution in [0.4, 0.5) is 11.4 Å². The van der Waals surface area contributed by atoms with Crippen LogP contribution in [-0.4, -0.2) is 12.5 Å². The first-order valence-corrected chi connectivity index (χ1v) is 6.59. The molecule has 0 fully saturated rings. The molecule has 2 aromatic rings. The number of nitrogen functional groups attached to an aromatic ring is 1. The molecule has 4 N–H and O–H groups in total. The third-order valence-corrected chi connectivity index (χ3v) is 3.20. The van der Waals surface area contributed by atoms with E-state index in [1.54, 1.807) is 6.07 Å².